The number of anilines is 2. The number of alkyl halides is 1. The molecule has 1 heterocycles. The van der Waals surface area contributed by atoms with Crippen LogP contribution in [0, 0.1) is 0 Å². The monoisotopic (exact) mass is 312 g/mol. The lowest BCUT2D eigenvalue weighted by Crippen LogP contribution is -2.54. The van der Waals surface area contributed by atoms with Crippen molar-refractivity contribution in [2.24, 2.45) is 0 Å². The molecule has 0 saturated carbocycles. The Labute approximate surface area is 115 Å². The largest absolute Gasteiger partial charge is 0.449 e. The Morgan fingerprint density at radius 2 is 2.22 bits per heavy atom. The first kappa shape index (κ1) is 13.2. The summed E-state index contributed by atoms with van der Waals surface area (Å²) >= 11 is 3.66. The number of nitrogens with zero attached hydrogens (tertiary/aromatic N) is 1. The molecular weight excluding hydrogens is 296 g/mol. The highest BCUT2D eigenvalue weighted by atomic mass is 79.9. The summed E-state index contributed by atoms with van der Waals surface area (Å²) in [4.78, 5) is 13.9. The van der Waals surface area contributed by atoms with Gasteiger partial charge in [-0.15, -0.1) is 0 Å². The summed E-state index contributed by atoms with van der Waals surface area (Å²) in [5.74, 6) is 0. The van der Waals surface area contributed by atoms with Crippen molar-refractivity contribution in [3.63, 3.8) is 0 Å². The Morgan fingerprint density at radius 3 is 2.89 bits per heavy atom. The summed E-state index contributed by atoms with van der Waals surface area (Å²) in [6.07, 6.45) is 0.470. The molecule has 18 heavy (non-hydrogen) atoms. The summed E-state index contributed by atoms with van der Waals surface area (Å²) in [5.41, 5.74) is 1.80. The van der Waals surface area contributed by atoms with Crippen LogP contribution in [-0.4, -0.2) is 23.7 Å². The average Bonchev–Trinajstić information content (AvgIpc) is 2.38. The van der Waals surface area contributed by atoms with Gasteiger partial charge in [-0.3, -0.25) is 4.90 Å². The number of carbonyl (C=O) groups excluding carboxylic acids is 1. The minimum absolute atomic E-state index is 0.315. The molecule has 5 heteroatoms. The molecule has 1 aliphatic rings. The molecular formula is C13H17BrN2O2. The molecule has 0 radical (unpaired) electrons. The van der Waals surface area contributed by atoms with Gasteiger partial charge >= 0.3 is 6.09 Å². The molecule has 1 amide bonds. The molecule has 1 N–H and O–H groups in total. The first-order valence-corrected chi connectivity index (χ1v) is 6.90. The van der Waals surface area contributed by atoms with Gasteiger partial charge in [-0.25, -0.2) is 4.79 Å². The number of benzene rings is 1. The highest BCUT2D eigenvalue weighted by molar-refractivity contribution is 9.10. The van der Waals surface area contributed by atoms with Crippen molar-refractivity contribution in [2.75, 3.05) is 23.4 Å². The van der Waals surface area contributed by atoms with E-state index in [1.807, 2.05) is 38.1 Å². The highest BCUT2D eigenvalue weighted by Crippen LogP contribution is 2.41. The lowest BCUT2D eigenvalue weighted by molar-refractivity contribution is 0.156. The van der Waals surface area contributed by atoms with E-state index in [0.717, 1.165) is 17.8 Å². The van der Waals surface area contributed by atoms with Crippen LogP contribution in [0.25, 0.3) is 0 Å². The maximum absolute atomic E-state index is 12.2. The van der Waals surface area contributed by atoms with Gasteiger partial charge in [0.05, 0.1) is 18.0 Å². The second-order valence-electron chi connectivity index (χ2n) is 4.18. The molecule has 0 spiro atoms. The summed E-state index contributed by atoms with van der Waals surface area (Å²) < 4.78 is 4.73. The predicted molar refractivity (Wildman–Crippen MR) is 76.4 cm³/mol. The molecule has 1 unspecified atom stereocenters. The third kappa shape index (κ3) is 2.19. The van der Waals surface area contributed by atoms with Gasteiger partial charge in [-0.1, -0.05) is 35.0 Å². The molecule has 1 aliphatic heterocycles. The maximum Gasteiger partial charge on any atom is 0.415 e. The number of carbonyl (C=O) groups is 1. The number of rotatable bonds is 2. The Hall–Kier alpha value is -1.23. The molecule has 0 bridgehead atoms. The number of para-hydroxylation sites is 2. The van der Waals surface area contributed by atoms with Gasteiger partial charge < -0.3 is 10.1 Å². The summed E-state index contributed by atoms with van der Waals surface area (Å²) in [6.45, 7) is 4.88. The zero-order chi connectivity index (χ0) is 13.2. The van der Waals surface area contributed by atoms with E-state index in [9.17, 15) is 4.79 Å². The van der Waals surface area contributed by atoms with E-state index in [0.29, 0.717) is 13.2 Å². The zero-order valence-corrected chi connectivity index (χ0v) is 12.2. The van der Waals surface area contributed by atoms with Gasteiger partial charge in [0.1, 0.15) is 4.45 Å². The van der Waals surface area contributed by atoms with Crippen LogP contribution < -0.4 is 10.2 Å². The first-order valence-electron chi connectivity index (χ1n) is 6.11. The normalized spacial score (nSPS) is 22.1. The summed E-state index contributed by atoms with van der Waals surface area (Å²) in [6, 6.07) is 7.75. The average molecular weight is 313 g/mol. The zero-order valence-electron chi connectivity index (χ0n) is 10.6. The van der Waals surface area contributed by atoms with Gasteiger partial charge in [0.15, 0.2) is 0 Å². The lowest BCUT2D eigenvalue weighted by Gasteiger charge is -2.43. The minimum Gasteiger partial charge on any atom is -0.449 e. The third-order valence-electron chi connectivity index (χ3n) is 3.09. The second kappa shape index (κ2) is 5.18. The van der Waals surface area contributed by atoms with Crippen molar-refractivity contribution in [3.05, 3.63) is 24.3 Å². The number of hydrogen-bond acceptors (Lipinski definition) is 3. The highest BCUT2D eigenvalue weighted by Gasteiger charge is 2.41. The van der Waals surface area contributed by atoms with Gasteiger partial charge in [-0.2, -0.15) is 0 Å². The van der Waals surface area contributed by atoms with Crippen molar-refractivity contribution < 1.29 is 9.53 Å². The van der Waals surface area contributed by atoms with E-state index in [-0.39, 0.29) is 6.09 Å². The quantitative estimate of drug-likeness (QED) is 0.670. The molecule has 98 valence electrons. The molecule has 2 rings (SSSR count). The Balaban J connectivity index is 2.44. The number of ether oxygens (including phenoxy) is 1. The first-order chi connectivity index (χ1) is 8.62. The van der Waals surface area contributed by atoms with Gasteiger partial charge in [0.25, 0.3) is 0 Å². The van der Waals surface area contributed by atoms with Crippen LogP contribution in [0.5, 0.6) is 0 Å². The second-order valence-corrected chi connectivity index (χ2v) is 5.65. The molecule has 1 atom stereocenters. The van der Waals surface area contributed by atoms with Gasteiger partial charge in [-0.05, 0) is 25.5 Å². The van der Waals surface area contributed by atoms with Crippen molar-refractivity contribution in [1.82, 2.24) is 0 Å². The third-order valence-corrected chi connectivity index (χ3v) is 4.28. The van der Waals surface area contributed by atoms with Gasteiger partial charge in [0, 0.05) is 6.54 Å². The molecule has 1 aromatic carbocycles. The molecule has 0 saturated heterocycles. The lowest BCUT2D eigenvalue weighted by atomic mass is 10.1. The smallest absolute Gasteiger partial charge is 0.415 e. The van der Waals surface area contributed by atoms with E-state index in [1.54, 1.807) is 4.90 Å². The number of amides is 1. The van der Waals surface area contributed by atoms with Crippen molar-refractivity contribution in [1.29, 1.82) is 0 Å². The fraction of sp³-hybridized carbons (Fsp3) is 0.462. The number of halogens is 1. The molecule has 0 fully saturated rings. The molecule has 4 nitrogen and oxygen atoms in total. The number of nitrogens with one attached hydrogen (secondary N) is 1. The van der Waals surface area contributed by atoms with Gasteiger partial charge in [0.2, 0.25) is 0 Å². The van der Waals surface area contributed by atoms with Crippen LogP contribution in [0.15, 0.2) is 24.3 Å². The summed E-state index contributed by atoms with van der Waals surface area (Å²) in [7, 11) is 0. The van der Waals surface area contributed by atoms with Crippen LogP contribution in [-0.2, 0) is 4.74 Å². The number of fused-ring (bicyclic) bond motifs is 1. The van der Waals surface area contributed by atoms with Crippen molar-refractivity contribution in [3.8, 4) is 0 Å². The molecule has 0 aliphatic carbocycles. The standard InChI is InChI=1S/C13H17BrN2O2/c1-3-13(14)9-15-10-7-5-6-8-11(10)16(13)12(17)18-4-2/h5-8,15H,3-4,9H2,1-2H3. The van der Waals surface area contributed by atoms with E-state index in [1.165, 1.54) is 0 Å². The Kier molecular flexibility index (Phi) is 3.80. The number of hydrogen-bond donors (Lipinski definition) is 1. The predicted octanol–water partition coefficient (Wildman–Crippen LogP) is 3.58. The Bertz CT molecular complexity index is 452. The molecule has 0 aromatic heterocycles. The van der Waals surface area contributed by atoms with E-state index >= 15 is 0 Å². The SMILES string of the molecule is CCOC(=O)N1c2ccccc2NCC1(Br)CC. The molecule has 1 aromatic rings. The topological polar surface area (TPSA) is 41.6 Å². The van der Waals surface area contributed by atoms with Crippen LogP contribution in [0.4, 0.5) is 16.2 Å². The van der Waals surface area contributed by atoms with Crippen LogP contribution in [0.1, 0.15) is 20.3 Å². The Morgan fingerprint density at radius 1 is 1.50 bits per heavy atom. The van der Waals surface area contributed by atoms with Crippen molar-refractivity contribution >= 4 is 33.4 Å². The van der Waals surface area contributed by atoms with E-state index in [2.05, 4.69) is 21.2 Å². The van der Waals surface area contributed by atoms with Crippen LogP contribution in [0.3, 0.4) is 0 Å². The van der Waals surface area contributed by atoms with Crippen LogP contribution in [0.2, 0.25) is 0 Å². The van der Waals surface area contributed by atoms with Crippen molar-refractivity contribution in [2.45, 2.75) is 24.7 Å². The fourth-order valence-corrected chi connectivity index (χ4v) is 2.55. The van der Waals surface area contributed by atoms with E-state index < -0.39 is 4.45 Å². The summed E-state index contributed by atoms with van der Waals surface area (Å²) in [5, 5.41) is 3.33. The maximum atomic E-state index is 12.2. The van der Waals surface area contributed by atoms with E-state index in [4.69, 9.17) is 4.74 Å². The fourth-order valence-electron chi connectivity index (χ4n) is 2.08. The van der Waals surface area contributed by atoms with Crippen LogP contribution >= 0.6 is 15.9 Å². The minimum atomic E-state index is -0.437.